The number of rotatable bonds is 5. The highest BCUT2D eigenvalue weighted by atomic mass is 16.1. The summed E-state index contributed by atoms with van der Waals surface area (Å²) >= 11 is 0. The van der Waals surface area contributed by atoms with Crippen LogP contribution >= 0.6 is 0 Å². The number of carbonyl (C=O) groups excluding carboxylic acids is 1. The fourth-order valence-corrected chi connectivity index (χ4v) is 2.05. The molecule has 4 heteroatoms. The van der Waals surface area contributed by atoms with Crippen molar-refractivity contribution in [2.24, 2.45) is 0 Å². The quantitative estimate of drug-likeness (QED) is 0.878. The molecule has 0 spiro atoms. The van der Waals surface area contributed by atoms with E-state index in [1.165, 1.54) is 5.56 Å². The molecule has 1 aromatic carbocycles. The van der Waals surface area contributed by atoms with E-state index in [-0.39, 0.29) is 11.9 Å². The number of amides is 1. The molecule has 4 nitrogen and oxygen atoms in total. The van der Waals surface area contributed by atoms with Gasteiger partial charge >= 0.3 is 0 Å². The summed E-state index contributed by atoms with van der Waals surface area (Å²) in [7, 11) is 1.92. The zero-order valence-corrected chi connectivity index (χ0v) is 12.2. The molecule has 1 amide bonds. The molecule has 0 radical (unpaired) electrons. The lowest BCUT2D eigenvalue weighted by atomic mass is 10.2. The second kappa shape index (κ2) is 6.39. The topological polar surface area (TPSA) is 46.1 Å². The Hall–Kier alpha value is -2.07. The molecule has 1 unspecified atom stereocenters. The van der Waals surface area contributed by atoms with Gasteiger partial charge in [-0.15, -0.1) is 0 Å². The summed E-state index contributed by atoms with van der Waals surface area (Å²) in [5.41, 5.74) is 3.11. The highest BCUT2D eigenvalue weighted by molar-refractivity contribution is 5.91. The molecule has 2 rings (SSSR count). The molecule has 2 aromatic rings. The average Bonchev–Trinajstić information content (AvgIpc) is 2.89. The first-order chi connectivity index (χ1) is 9.60. The maximum absolute atomic E-state index is 12.0. The number of aromatic nitrogens is 1. The Morgan fingerprint density at radius 1 is 1.30 bits per heavy atom. The summed E-state index contributed by atoms with van der Waals surface area (Å²) in [5, 5.41) is 6.12. The van der Waals surface area contributed by atoms with Gasteiger partial charge in [-0.2, -0.15) is 0 Å². The monoisotopic (exact) mass is 271 g/mol. The van der Waals surface area contributed by atoms with Crippen LogP contribution in [0.3, 0.4) is 0 Å². The fraction of sp³-hybridized carbons (Fsp3) is 0.312. The van der Waals surface area contributed by atoms with Gasteiger partial charge in [0.2, 0.25) is 5.91 Å². The van der Waals surface area contributed by atoms with E-state index in [4.69, 9.17) is 0 Å². The zero-order valence-electron chi connectivity index (χ0n) is 12.2. The fourth-order valence-electron chi connectivity index (χ4n) is 2.05. The van der Waals surface area contributed by atoms with Gasteiger partial charge in [0, 0.05) is 24.1 Å². The third kappa shape index (κ3) is 3.48. The summed E-state index contributed by atoms with van der Waals surface area (Å²) in [6.45, 7) is 4.40. The number of nitrogens with one attached hydrogen (secondary N) is 2. The van der Waals surface area contributed by atoms with Gasteiger partial charge in [0.15, 0.2) is 0 Å². The van der Waals surface area contributed by atoms with Crippen LogP contribution in [0.2, 0.25) is 0 Å². The molecule has 1 aromatic heterocycles. The maximum Gasteiger partial charge on any atom is 0.244 e. The summed E-state index contributed by atoms with van der Waals surface area (Å²) < 4.78 is 1.90. The van der Waals surface area contributed by atoms with Gasteiger partial charge in [-0.25, -0.2) is 0 Å². The second-order valence-corrected chi connectivity index (χ2v) is 4.99. The van der Waals surface area contributed by atoms with Crippen molar-refractivity contribution in [3.05, 3.63) is 53.9 Å². The Morgan fingerprint density at radius 2 is 2.05 bits per heavy atom. The van der Waals surface area contributed by atoms with Gasteiger partial charge in [-0.05, 0) is 44.2 Å². The number of hydrogen-bond donors (Lipinski definition) is 2. The van der Waals surface area contributed by atoms with Crippen molar-refractivity contribution in [1.82, 2.24) is 9.88 Å². The smallest absolute Gasteiger partial charge is 0.244 e. The van der Waals surface area contributed by atoms with Crippen molar-refractivity contribution in [1.29, 1.82) is 0 Å². The van der Waals surface area contributed by atoms with E-state index in [0.29, 0.717) is 6.54 Å². The van der Waals surface area contributed by atoms with Crippen LogP contribution in [0.5, 0.6) is 0 Å². The van der Waals surface area contributed by atoms with Gasteiger partial charge in [-0.1, -0.05) is 18.2 Å². The Labute approximate surface area is 119 Å². The van der Waals surface area contributed by atoms with Crippen LogP contribution in [-0.4, -0.2) is 17.5 Å². The lowest BCUT2D eigenvalue weighted by molar-refractivity contribution is -0.116. The van der Waals surface area contributed by atoms with Gasteiger partial charge in [0.1, 0.15) is 6.54 Å². The zero-order chi connectivity index (χ0) is 14.5. The van der Waals surface area contributed by atoms with E-state index in [0.717, 1.165) is 11.3 Å². The Morgan fingerprint density at radius 3 is 2.75 bits per heavy atom. The third-order valence-corrected chi connectivity index (χ3v) is 3.45. The van der Waals surface area contributed by atoms with E-state index < -0.39 is 0 Å². The minimum Gasteiger partial charge on any atom is -0.345 e. The molecule has 0 saturated carbocycles. The number of para-hydroxylation sites is 1. The number of aryl methyl sites for hydroxylation is 1. The molecule has 1 atom stereocenters. The molecule has 2 N–H and O–H groups in total. The largest absolute Gasteiger partial charge is 0.345 e. The summed E-state index contributed by atoms with van der Waals surface area (Å²) in [5.74, 6) is -0.0152. The standard InChI is InChI=1S/C16H21N3O/c1-12-6-4-5-7-15(12)18-16(20)11-19-9-8-14(10-19)13(2)17-3/h4-10,13,17H,11H2,1-3H3,(H,18,20). The number of anilines is 1. The van der Waals surface area contributed by atoms with Crippen LogP contribution in [0.1, 0.15) is 24.1 Å². The molecular weight excluding hydrogens is 250 g/mol. The number of carbonyl (C=O) groups is 1. The van der Waals surface area contributed by atoms with Crippen LogP contribution < -0.4 is 10.6 Å². The van der Waals surface area contributed by atoms with Crippen LogP contribution in [0.15, 0.2) is 42.7 Å². The molecule has 0 aliphatic heterocycles. The first-order valence-corrected chi connectivity index (χ1v) is 6.78. The van der Waals surface area contributed by atoms with Crippen molar-refractivity contribution in [3.8, 4) is 0 Å². The Bertz CT molecular complexity index is 589. The highest BCUT2D eigenvalue weighted by Crippen LogP contribution is 2.14. The molecule has 0 bridgehead atoms. The number of nitrogens with zero attached hydrogens (tertiary/aromatic N) is 1. The van der Waals surface area contributed by atoms with Gasteiger partial charge in [0.05, 0.1) is 0 Å². The minimum atomic E-state index is -0.0152. The third-order valence-electron chi connectivity index (χ3n) is 3.45. The van der Waals surface area contributed by atoms with Crippen molar-refractivity contribution in [2.45, 2.75) is 26.4 Å². The first kappa shape index (κ1) is 14.3. The van der Waals surface area contributed by atoms with E-state index in [1.807, 2.05) is 61.3 Å². The molecule has 1 heterocycles. The Balaban J connectivity index is 1.98. The van der Waals surface area contributed by atoms with Crippen LogP contribution in [0, 0.1) is 6.92 Å². The number of benzene rings is 1. The normalized spacial score (nSPS) is 12.2. The number of hydrogen-bond acceptors (Lipinski definition) is 2. The summed E-state index contributed by atoms with van der Waals surface area (Å²) in [4.78, 5) is 12.0. The van der Waals surface area contributed by atoms with Crippen LogP contribution in [0.4, 0.5) is 5.69 Å². The molecule has 106 valence electrons. The maximum atomic E-state index is 12.0. The molecule has 20 heavy (non-hydrogen) atoms. The molecule has 0 aliphatic rings. The average molecular weight is 271 g/mol. The van der Waals surface area contributed by atoms with Crippen molar-refractivity contribution in [3.63, 3.8) is 0 Å². The first-order valence-electron chi connectivity index (χ1n) is 6.78. The van der Waals surface area contributed by atoms with E-state index in [2.05, 4.69) is 17.6 Å². The van der Waals surface area contributed by atoms with Crippen LogP contribution in [-0.2, 0) is 11.3 Å². The van der Waals surface area contributed by atoms with Gasteiger partial charge in [0.25, 0.3) is 0 Å². The SMILES string of the molecule is CNC(C)c1ccn(CC(=O)Nc2ccccc2C)c1. The van der Waals surface area contributed by atoms with E-state index in [9.17, 15) is 4.79 Å². The lowest BCUT2D eigenvalue weighted by Gasteiger charge is -2.09. The van der Waals surface area contributed by atoms with E-state index >= 15 is 0 Å². The predicted molar refractivity (Wildman–Crippen MR) is 81.7 cm³/mol. The second-order valence-electron chi connectivity index (χ2n) is 4.99. The van der Waals surface area contributed by atoms with Crippen molar-refractivity contribution < 1.29 is 4.79 Å². The van der Waals surface area contributed by atoms with Crippen molar-refractivity contribution >= 4 is 11.6 Å². The molecular formula is C16H21N3O. The highest BCUT2D eigenvalue weighted by Gasteiger charge is 2.08. The molecule has 0 aliphatic carbocycles. The Kier molecular flexibility index (Phi) is 4.58. The summed E-state index contributed by atoms with van der Waals surface area (Å²) in [6.07, 6.45) is 3.93. The lowest BCUT2D eigenvalue weighted by Crippen LogP contribution is -2.18. The molecule has 0 saturated heterocycles. The summed E-state index contributed by atoms with van der Waals surface area (Å²) in [6, 6.07) is 10.1. The molecule has 0 fully saturated rings. The van der Waals surface area contributed by atoms with Gasteiger partial charge < -0.3 is 15.2 Å². The van der Waals surface area contributed by atoms with Crippen molar-refractivity contribution in [2.75, 3.05) is 12.4 Å². The van der Waals surface area contributed by atoms with Crippen LogP contribution in [0.25, 0.3) is 0 Å². The van der Waals surface area contributed by atoms with E-state index in [1.54, 1.807) is 0 Å². The van der Waals surface area contributed by atoms with Gasteiger partial charge in [-0.3, -0.25) is 4.79 Å². The minimum absolute atomic E-state index is 0.0152. The predicted octanol–water partition coefficient (Wildman–Crippen LogP) is 2.72.